The van der Waals surface area contributed by atoms with Crippen LogP contribution in [0.5, 0.6) is 5.75 Å². The largest absolute Gasteiger partial charge is 0.494 e. The molecule has 4 amide bonds. The average molecular weight is 629 g/mol. The first-order valence-electron chi connectivity index (χ1n) is 17.2. The number of nitrogens with zero attached hydrogens (tertiary/aromatic N) is 1. The standard InChI is InChI=1S/C37H48N4O5/c1-25-10-12-30-19-28(25)23-38-35(44)31(13-11-26-7-3-2-4-8-26)39-36(45)32(40-34(43)29-21-37(22-29)15-6-16-37)20-33(42)41-17-5-9-27(24-41)14-18-46-30/h2-4,7-8,10,12,19,27,29,31-32H,5-6,9,11,13-18,20-24H2,1H3,(H,38,44)(H,39,45)(H,40,43)/t27?,31-,32-/m0/s1. The van der Waals surface area contributed by atoms with E-state index in [1.54, 1.807) is 0 Å². The summed E-state index contributed by atoms with van der Waals surface area (Å²) in [4.78, 5) is 56.5. The van der Waals surface area contributed by atoms with Crippen LogP contribution in [-0.2, 0) is 32.1 Å². The summed E-state index contributed by atoms with van der Waals surface area (Å²) in [6.45, 7) is 4.07. The molecule has 4 aliphatic rings. The van der Waals surface area contributed by atoms with Gasteiger partial charge in [-0.25, -0.2) is 0 Å². The van der Waals surface area contributed by atoms with Crippen molar-refractivity contribution in [2.45, 2.75) is 96.2 Å². The van der Waals surface area contributed by atoms with Crippen LogP contribution in [0.25, 0.3) is 0 Å². The molecule has 246 valence electrons. The first-order valence-corrected chi connectivity index (χ1v) is 17.2. The van der Waals surface area contributed by atoms with Crippen molar-refractivity contribution in [3.05, 3.63) is 65.2 Å². The van der Waals surface area contributed by atoms with Gasteiger partial charge in [0.15, 0.2) is 0 Å². The summed E-state index contributed by atoms with van der Waals surface area (Å²) in [6, 6.07) is 13.8. The van der Waals surface area contributed by atoms with Crippen molar-refractivity contribution in [3.63, 3.8) is 0 Å². The van der Waals surface area contributed by atoms with Crippen LogP contribution in [0.1, 0.15) is 80.9 Å². The van der Waals surface area contributed by atoms with E-state index < -0.39 is 18.0 Å². The van der Waals surface area contributed by atoms with Crippen molar-refractivity contribution in [3.8, 4) is 5.75 Å². The zero-order chi connectivity index (χ0) is 32.1. The predicted molar refractivity (Wildman–Crippen MR) is 175 cm³/mol. The molecule has 2 aromatic rings. The lowest BCUT2D eigenvalue weighted by Crippen LogP contribution is -2.57. The summed E-state index contributed by atoms with van der Waals surface area (Å²) in [5, 5.41) is 8.93. The quantitative estimate of drug-likeness (QED) is 0.459. The minimum atomic E-state index is -1.05. The maximum atomic E-state index is 14.0. The summed E-state index contributed by atoms with van der Waals surface area (Å²) in [7, 11) is 0. The molecule has 1 unspecified atom stereocenters. The van der Waals surface area contributed by atoms with Crippen LogP contribution in [0.2, 0.25) is 0 Å². The summed E-state index contributed by atoms with van der Waals surface area (Å²) in [5.41, 5.74) is 3.35. The molecule has 4 bridgehead atoms. The summed E-state index contributed by atoms with van der Waals surface area (Å²) in [6.07, 6.45) is 8.80. The van der Waals surface area contributed by atoms with Gasteiger partial charge in [0, 0.05) is 25.6 Å². The van der Waals surface area contributed by atoms with Crippen LogP contribution in [0, 0.1) is 24.2 Å². The number of fused-ring (bicyclic) bond motifs is 4. The number of hydrogen-bond donors (Lipinski definition) is 3. The van der Waals surface area contributed by atoms with E-state index in [-0.39, 0.29) is 30.1 Å². The van der Waals surface area contributed by atoms with Crippen molar-refractivity contribution in [1.29, 1.82) is 0 Å². The Hall–Kier alpha value is -3.88. The van der Waals surface area contributed by atoms with Gasteiger partial charge in [-0.2, -0.15) is 0 Å². The van der Waals surface area contributed by atoms with E-state index in [0.717, 1.165) is 54.5 Å². The average Bonchev–Trinajstić information content (AvgIpc) is 3.01. The maximum absolute atomic E-state index is 14.0. The molecule has 3 atom stereocenters. The van der Waals surface area contributed by atoms with Crippen LogP contribution in [0.3, 0.4) is 0 Å². The molecule has 0 radical (unpaired) electrons. The Morgan fingerprint density at radius 3 is 2.59 bits per heavy atom. The van der Waals surface area contributed by atoms with Crippen LogP contribution in [0.4, 0.5) is 0 Å². The molecule has 2 aromatic carbocycles. The second kappa shape index (κ2) is 14.3. The Morgan fingerprint density at radius 1 is 1.02 bits per heavy atom. The minimum Gasteiger partial charge on any atom is -0.494 e. The number of ether oxygens (including phenoxy) is 1. The molecule has 46 heavy (non-hydrogen) atoms. The first kappa shape index (κ1) is 32.1. The third-order valence-corrected chi connectivity index (χ3v) is 10.8. The van der Waals surface area contributed by atoms with Gasteiger partial charge in [0.25, 0.3) is 0 Å². The van der Waals surface area contributed by atoms with E-state index in [1.165, 1.54) is 19.3 Å². The van der Waals surface area contributed by atoms with E-state index in [9.17, 15) is 19.2 Å². The van der Waals surface area contributed by atoms with Gasteiger partial charge in [0.2, 0.25) is 23.6 Å². The van der Waals surface area contributed by atoms with Crippen molar-refractivity contribution in [2.75, 3.05) is 19.7 Å². The Morgan fingerprint density at radius 2 is 1.83 bits per heavy atom. The number of amides is 4. The molecule has 0 aromatic heterocycles. The number of aryl methyl sites for hydroxylation is 2. The molecule has 9 heteroatoms. The first-order chi connectivity index (χ1) is 22.3. The summed E-state index contributed by atoms with van der Waals surface area (Å²) < 4.78 is 6.12. The zero-order valence-corrected chi connectivity index (χ0v) is 27.0. The molecule has 2 aliphatic carbocycles. The summed E-state index contributed by atoms with van der Waals surface area (Å²) >= 11 is 0. The SMILES string of the molecule is Cc1ccc2cc1CNC(=O)[C@H](CCc1ccccc1)NC(=O)[C@@H](NC(=O)C1CC3(CCC3)C1)CC(=O)N1CCCC(CCO2)C1. The van der Waals surface area contributed by atoms with Crippen LogP contribution in [0.15, 0.2) is 48.5 Å². The number of carbonyl (C=O) groups excluding carboxylic acids is 4. The number of rotatable bonds is 5. The van der Waals surface area contributed by atoms with Gasteiger partial charge in [0.1, 0.15) is 17.8 Å². The van der Waals surface area contributed by atoms with E-state index in [4.69, 9.17) is 4.74 Å². The Bertz CT molecular complexity index is 1420. The minimum absolute atomic E-state index is 0.130. The van der Waals surface area contributed by atoms with Gasteiger partial charge in [0.05, 0.1) is 13.0 Å². The number of nitrogens with one attached hydrogen (secondary N) is 3. The topological polar surface area (TPSA) is 117 Å². The van der Waals surface area contributed by atoms with E-state index >= 15 is 0 Å². The van der Waals surface area contributed by atoms with E-state index in [2.05, 4.69) is 16.0 Å². The van der Waals surface area contributed by atoms with Crippen molar-refractivity contribution >= 4 is 23.6 Å². The molecule has 9 nitrogen and oxygen atoms in total. The number of benzene rings is 2. The molecule has 1 spiro atoms. The van der Waals surface area contributed by atoms with Gasteiger partial charge in [-0.3, -0.25) is 19.2 Å². The molecule has 3 N–H and O–H groups in total. The number of piperidine rings is 1. The monoisotopic (exact) mass is 628 g/mol. The highest BCUT2D eigenvalue weighted by molar-refractivity contribution is 5.95. The second-order valence-electron chi connectivity index (χ2n) is 14.1. The highest BCUT2D eigenvalue weighted by Gasteiger charge is 2.51. The summed E-state index contributed by atoms with van der Waals surface area (Å²) in [5.74, 6) is -0.190. The molecule has 2 aliphatic heterocycles. The fraction of sp³-hybridized carbons (Fsp3) is 0.568. The molecule has 2 heterocycles. The lowest BCUT2D eigenvalue weighted by Gasteiger charge is -2.53. The lowest BCUT2D eigenvalue weighted by atomic mass is 9.51. The molecule has 2 saturated carbocycles. The third kappa shape index (κ3) is 7.73. The van der Waals surface area contributed by atoms with Gasteiger partial charge in [-0.1, -0.05) is 42.8 Å². The van der Waals surface area contributed by atoms with Crippen LogP contribution >= 0.6 is 0 Å². The fourth-order valence-corrected chi connectivity index (χ4v) is 7.66. The molecule has 3 fully saturated rings. The highest BCUT2D eigenvalue weighted by Crippen LogP contribution is 2.58. The van der Waals surface area contributed by atoms with Gasteiger partial charge >= 0.3 is 0 Å². The predicted octanol–water partition coefficient (Wildman–Crippen LogP) is 4.21. The Balaban J connectivity index is 1.23. The van der Waals surface area contributed by atoms with Crippen molar-refractivity contribution < 1.29 is 23.9 Å². The van der Waals surface area contributed by atoms with Crippen LogP contribution in [-0.4, -0.2) is 60.3 Å². The third-order valence-electron chi connectivity index (χ3n) is 10.8. The normalized spacial score (nSPS) is 25.5. The Kier molecular flexibility index (Phi) is 9.95. The number of carbonyl (C=O) groups is 4. The molecular weight excluding hydrogens is 580 g/mol. The fourth-order valence-electron chi connectivity index (χ4n) is 7.66. The van der Waals surface area contributed by atoms with Gasteiger partial charge < -0.3 is 25.6 Å². The van der Waals surface area contributed by atoms with Crippen molar-refractivity contribution in [1.82, 2.24) is 20.9 Å². The lowest BCUT2D eigenvalue weighted by molar-refractivity contribution is -0.142. The van der Waals surface area contributed by atoms with Crippen LogP contribution < -0.4 is 20.7 Å². The van der Waals surface area contributed by atoms with Gasteiger partial charge in [-0.15, -0.1) is 0 Å². The second-order valence-corrected chi connectivity index (χ2v) is 14.1. The smallest absolute Gasteiger partial charge is 0.243 e. The molecular formula is C37H48N4O5. The molecule has 6 rings (SSSR count). The number of hydrogen-bond acceptors (Lipinski definition) is 5. The van der Waals surface area contributed by atoms with E-state index in [1.807, 2.05) is 60.4 Å². The highest BCUT2D eigenvalue weighted by atomic mass is 16.5. The van der Waals surface area contributed by atoms with Gasteiger partial charge in [-0.05, 0) is 105 Å². The van der Waals surface area contributed by atoms with Crippen molar-refractivity contribution in [2.24, 2.45) is 17.3 Å². The zero-order valence-electron chi connectivity index (χ0n) is 27.0. The maximum Gasteiger partial charge on any atom is 0.243 e. The molecule has 1 saturated heterocycles. The Labute approximate surface area is 272 Å². The van der Waals surface area contributed by atoms with E-state index in [0.29, 0.717) is 50.4 Å².